The first-order chi connectivity index (χ1) is 8.09. The lowest BCUT2D eigenvalue weighted by atomic mass is 10.0. The summed E-state index contributed by atoms with van der Waals surface area (Å²) >= 11 is 0. The van der Waals surface area contributed by atoms with Crippen molar-refractivity contribution in [3.05, 3.63) is 0 Å². The van der Waals surface area contributed by atoms with E-state index in [-0.39, 0.29) is 23.9 Å². The second-order valence-corrected chi connectivity index (χ2v) is 5.34. The van der Waals surface area contributed by atoms with Crippen LogP contribution in [0.5, 0.6) is 0 Å². The Morgan fingerprint density at radius 2 is 1.76 bits per heavy atom. The maximum atomic E-state index is 11.6. The van der Waals surface area contributed by atoms with Crippen molar-refractivity contribution in [2.75, 3.05) is 19.6 Å². The van der Waals surface area contributed by atoms with Crippen molar-refractivity contribution < 1.29 is 9.59 Å². The second-order valence-electron chi connectivity index (χ2n) is 5.34. The number of likely N-dealkylation sites (tertiary alicyclic amines) is 1. The molecule has 1 rings (SSSR count). The molecule has 0 aromatic rings. The van der Waals surface area contributed by atoms with E-state index in [9.17, 15) is 9.59 Å². The normalized spacial score (nSPS) is 17.4. The molecule has 0 N–H and O–H groups in total. The molecule has 0 radical (unpaired) electrons. The highest BCUT2D eigenvalue weighted by Crippen LogP contribution is 2.10. The molecule has 3 heteroatoms. The van der Waals surface area contributed by atoms with Gasteiger partial charge in [-0.2, -0.15) is 0 Å². The molecule has 1 fully saturated rings. The van der Waals surface area contributed by atoms with Crippen molar-refractivity contribution in [1.82, 2.24) is 4.90 Å². The Kier molecular flexibility index (Phi) is 6.41. The van der Waals surface area contributed by atoms with Crippen LogP contribution in [0.3, 0.4) is 0 Å². The van der Waals surface area contributed by atoms with E-state index in [1.54, 1.807) is 0 Å². The first-order valence-electron chi connectivity index (χ1n) is 6.86. The first kappa shape index (κ1) is 14.4. The molecular formula is C14H25NO2. The van der Waals surface area contributed by atoms with Crippen LogP contribution in [-0.2, 0) is 9.59 Å². The number of rotatable bonds is 7. The van der Waals surface area contributed by atoms with Crippen LogP contribution in [-0.4, -0.2) is 36.1 Å². The molecule has 17 heavy (non-hydrogen) atoms. The van der Waals surface area contributed by atoms with Gasteiger partial charge in [0, 0.05) is 12.3 Å². The summed E-state index contributed by atoms with van der Waals surface area (Å²) in [5, 5.41) is 0. The van der Waals surface area contributed by atoms with Crippen molar-refractivity contribution in [2.45, 2.75) is 52.4 Å². The Bertz CT molecular complexity index is 255. The van der Waals surface area contributed by atoms with Crippen LogP contribution in [0.1, 0.15) is 52.4 Å². The largest absolute Gasteiger partial charge is 0.303 e. The Morgan fingerprint density at radius 3 is 2.35 bits per heavy atom. The van der Waals surface area contributed by atoms with Gasteiger partial charge in [0.1, 0.15) is 11.6 Å². The maximum absolute atomic E-state index is 11.6. The lowest BCUT2D eigenvalue weighted by Crippen LogP contribution is -2.30. The summed E-state index contributed by atoms with van der Waals surface area (Å²) in [6, 6.07) is 0. The zero-order chi connectivity index (χ0) is 12.7. The molecule has 0 unspecified atom stereocenters. The minimum absolute atomic E-state index is 0.0129. The van der Waals surface area contributed by atoms with Gasteiger partial charge in [0.15, 0.2) is 0 Å². The van der Waals surface area contributed by atoms with E-state index in [0.29, 0.717) is 6.42 Å². The molecule has 3 nitrogen and oxygen atoms in total. The molecule has 1 aliphatic heterocycles. The van der Waals surface area contributed by atoms with Crippen LogP contribution >= 0.6 is 0 Å². The van der Waals surface area contributed by atoms with Crippen LogP contribution in [0.25, 0.3) is 0 Å². The van der Waals surface area contributed by atoms with Crippen LogP contribution in [0, 0.1) is 5.92 Å². The summed E-state index contributed by atoms with van der Waals surface area (Å²) in [7, 11) is 0. The molecule has 0 aliphatic carbocycles. The number of carbonyl (C=O) groups is 2. The maximum Gasteiger partial charge on any atom is 0.142 e. The molecule has 0 spiro atoms. The minimum Gasteiger partial charge on any atom is -0.303 e. The summed E-state index contributed by atoms with van der Waals surface area (Å²) < 4.78 is 0. The molecule has 0 amide bonds. The van der Waals surface area contributed by atoms with Crippen LogP contribution < -0.4 is 0 Å². The third kappa shape index (κ3) is 5.97. The van der Waals surface area contributed by atoms with Crippen LogP contribution in [0.4, 0.5) is 0 Å². The summed E-state index contributed by atoms with van der Waals surface area (Å²) in [5.41, 5.74) is 0. The zero-order valence-corrected chi connectivity index (χ0v) is 11.2. The number of hydrogen-bond donors (Lipinski definition) is 0. The number of carbonyl (C=O) groups excluding carboxylic acids is 2. The highest BCUT2D eigenvalue weighted by molar-refractivity contribution is 5.99. The number of nitrogens with zero attached hydrogens (tertiary/aromatic N) is 1. The average Bonchev–Trinajstić information content (AvgIpc) is 2.30. The molecule has 0 atom stereocenters. The molecule has 0 aromatic carbocycles. The quantitative estimate of drug-likeness (QED) is 0.640. The summed E-state index contributed by atoms with van der Waals surface area (Å²) in [4.78, 5) is 25.4. The zero-order valence-electron chi connectivity index (χ0n) is 11.2. The van der Waals surface area contributed by atoms with E-state index in [1.165, 1.54) is 32.4 Å². The van der Waals surface area contributed by atoms with Crippen molar-refractivity contribution in [3.8, 4) is 0 Å². The number of ketones is 2. The standard InChI is InChI=1S/C14H25NO2/c1-12(2)14(17)11-13(16)7-6-10-15-8-4-3-5-9-15/h12H,3-11H2,1-2H3. The summed E-state index contributed by atoms with van der Waals surface area (Å²) in [6.07, 6.45) is 5.54. The molecular weight excluding hydrogens is 214 g/mol. The van der Waals surface area contributed by atoms with Crippen molar-refractivity contribution >= 4 is 11.6 Å². The molecule has 1 saturated heterocycles. The Labute approximate surface area is 105 Å². The fraction of sp³-hybridized carbons (Fsp3) is 0.857. The number of hydrogen-bond acceptors (Lipinski definition) is 3. The Hall–Kier alpha value is -0.700. The number of piperidine rings is 1. The van der Waals surface area contributed by atoms with Gasteiger partial charge < -0.3 is 4.90 Å². The van der Waals surface area contributed by atoms with E-state index in [2.05, 4.69) is 4.90 Å². The number of Topliss-reactive ketones (excluding diaryl/α,β-unsaturated/α-hetero) is 2. The van der Waals surface area contributed by atoms with Gasteiger partial charge in [-0.15, -0.1) is 0 Å². The lowest BCUT2D eigenvalue weighted by molar-refractivity contribution is -0.128. The van der Waals surface area contributed by atoms with Gasteiger partial charge in [-0.1, -0.05) is 20.3 Å². The van der Waals surface area contributed by atoms with Crippen molar-refractivity contribution in [1.29, 1.82) is 0 Å². The molecule has 1 heterocycles. The Morgan fingerprint density at radius 1 is 1.12 bits per heavy atom. The third-order valence-electron chi connectivity index (χ3n) is 3.39. The van der Waals surface area contributed by atoms with Gasteiger partial charge in [-0.25, -0.2) is 0 Å². The van der Waals surface area contributed by atoms with Gasteiger partial charge in [-0.3, -0.25) is 9.59 Å². The van der Waals surface area contributed by atoms with Gasteiger partial charge in [-0.05, 0) is 38.9 Å². The van der Waals surface area contributed by atoms with Crippen molar-refractivity contribution in [2.24, 2.45) is 5.92 Å². The van der Waals surface area contributed by atoms with Gasteiger partial charge in [0.25, 0.3) is 0 Å². The first-order valence-corrected chi connectivity index (χ1v) is 6.86. The van der Waals surface area contributed by atoms with Crippen LogP contribution in [0.2, 0.25) is 0 Å². The highest BCUT2D eigenvalue weighted by atomic mass is 16.1. The average molecular weight is 239 g/mol. The monoisotopic (exact) mass is 239 g/mol. The molecule has 0 saturated carbocycles. The Balaban J connectivity index is 2.09. The topological polar surface area (TPSA) is 37.4 Å². The third-order valence-corrected chi connectivity index (χ3v) is 3.39. The predicted octanol–water partition coefficient (Wildman–Crippen LogP) is 2.44. The van der Waals surface area contributed by atoms with Gasteiger partial charge in [0.05, 0.1) is 6.42 Å². The fourth-order valence-electron chi connectivity index (χ4n) is 2.17. The van der Waals surface area contributed by atoms with E-state index < -0.39 is 0 Å². The van der Waals surface area contributed by atoms with Gasteiger partial charge >= 0.3 is 0 Å². The molecule has 98 valence electrons. The minimum atomic E-state index is -0.0129. The molecule has 0 bridgehead atoms. The van der Waals surface area contributed by atoms with E-state index in [0.717, 1.165) is 13.0 Å². The smallest absolute Gasteiger partial charge is 0.142 e. The van der Waals surface area contributed by atoms with Crippen molar-refractivity contribution in [3.63, 3.8) is 0 Å². The highest BCUT2D eigenvalue weighted by Gasteiger charge is 2.14. The van der Waals surface area contributed by atoms with E-state index in [1.807, 2.05) is 13.8 Å². The molecule has 1 aliphatic rings. The van der Waals surface area contributed by atoms with Crippen LogP contribution in [0.15, 0.2) is 0 Å². The summed E-state index contributed by atoms with van der Waals surface area (Å²) in [5.74, 6) is 0.176. The molecule has 0 aromatic heterocycles. The van der Waals surface area contributed by atoms with E-state index in [4.69, 9.17) is 0 Å². The van der Waals surface area contributed by atoms with Gasteiger partial charge in [0.2, 0.25) is 0 Å². The fourth-order valence-corrected chi connectivity index (χ4v) is 2.17. The summed E-state index contributed by atoms with van der Waals surface area (Å²) in [6.45, 7) is 7.08. The second kappa shape index (κ2) is 7.59. The SMILES string of the molecule is CC(C)C(=O)CC(=O)CCCN1CCCCC1. The lowest BCUT2D eigenvalue weighted by Gasteiger charge is -2.26. The predicted molar refractivity (Wildman–Crippen MR) is 69.0 cm³/mol. The van der Waals surface area contributed by atoms with E-state index >= 15 is 0 Å².